The van der Waals surface area contributed by atoms with Crippen LogP contribution in [0, 0.1) is 0 Å². The lowest BCUT2D eigenvalue weighted by Gasteiger charge is -2.07. The normalized spacial score (nSPS) is 10.3. The lowest BCUT2D eigenvalue weighted by Crippen LogP contribution is -2.18. The number of ether oxygens (including phenoxy) is 1. The van der Waals surface area contributed by atoms with Gasteiger partial charge in [-0.25, -0.2) is 4.79 Å². The van der Waals surface area contributed by atoms with E-state index in [1.165, 1.54) is 0 Å². The highest BCUT2D eigenvalue weighted by Crippen LogP contribution is 2.13. The Balaban J connectivity index is 2.56. The lowest BCUT2D eigenvalue weighted by atomic mass is 10.2. The van der Waals surface area contributed by atoms with Crippen LogP contribution < -0.4 is 5.32 Å². The fourth-order valence-corrected chi connectivity index (χ4v) is 1.39. The highest BCUT2D eigenvalue weighted by molar-refractivity contribution is 6.54. The summed E-state index contributed by atoms with van der Waals surface area (Å²) in [6, 6.07) is 6.32. The van der Waals surface area contributed by atoms with Gasteiger partial charge in [0.25, 0.3) is 5.91 Å². The number of benzene rings is 1. The smallest absolute Gasteiger partial charge is 0.338 e. The number of hydrogen-bond acceptors (Lipinski definition) is 3. The molecule has 0 heterocycles. The van der Waals surface area contributed by atoms with Crippen LogP contribution in [0.2, 0.25) is 0 Å². The van der Waals surface area contributed by atoms with Crippen molar-refractivity contribution in [1.29, 1.82) is 0 Å². The van der Waals surface area contributed by atoms with Gasteiger partial charge in [-0.2, -0.15) is 0 Å². The number of nitrogens with one attached hydrogen (secondary N) is 1. The molecular formula is C13H15Cl2NO3. The van der Waals surface area contributed by atoms with E-state index in [0.29, 0.717) is 17.9 Å². The maximum atomic E-state index is 11.6. The molecule has 0 aliphatic rings. The van der Waals surface area contributed by atoms with E-state index in [9.17, 15) is 9.59 Å². The molecule has 1 N–H and O–H groups in total. The fraction of sp³-hybridized carbons (Fsp3) is 0.385. The zero-order chi connectivity index (χ0) is 14.3. The van der Waals surface area contributed by atoms with Gasteiger partial charge >= 0.3 is 5.97 Å². The second-order valence-electron chi connectivity index (χ2n) is 3.86. The molecule has 0 atom stereocenters. The van der Waals surface area contributed by atoms with Gasteiger partial charge in [-0.3, -0.25) is 4.79 Å². The molecule has 0 radical (unpaired) electrons. The molecule has 104 valence electrons. The third-order valence-corrected chi connectivity index (χ3v) is 2.71. The zero-order valence-corrected chi connectivity index (χ0v) is 12.0. The summed E-state index contributed by atoms with van der Waals surface area (Å²) in [5.74, 6) is -0.888. The Kier molecular flexibility index (Phi) is 6.67. The Morgan fingerprint density at radius 3 is 2.42 bits per heavy atom. The van der Waals surface area contributed by atoms with Gasteiger partial charge in [0.05, 0.1) is 12.2 Å². The van der Waals surface area contributed by atoms with Crippen LogP contribution in [0.3, 0.4) is 0 Å². The van der Waals surface area contributed by atoms with Crippen molar-refractivity contribution in [2.24, 2.45) is 0 Å². The van der Waals surface area contributed by atoms with Gasteiger partial charge in [-0.15, -0.1) is 0 Å². The summed E-state index contributed by atoms with van der Waals surface area (Å²) in [5.41, 5.74) is 0.948. The molecule has 0 fully saturated rings. The average molecular weight is 304 g/mol. The quantitative estimate of drug-likeness (QED) is 0.498. The monoisotopic (exact) mass is 303 g/mol. The van der Waals surface area contributed by atoms with E-state index in [4.69, 9.17) is 27.9 Å². The number of alkyl halides is 2. The van der Waals surface area contributed by atoms with E-state index >= 15 is 0 Å². The first-order valence-electron chi connectivity index (χ1n) is 5.90. The summed E-state index contributed by atoms with van der Waals surface area (Å²) in [5, 5.41) is 2.50. The van der Waals surface area contributed by atoms with Gasteiger partial charge in [0.15, 0.2) is 4.84 Å². The Labute approximate surface area is 122 Å². The van der Waals surface area contributed by atoms with Crippen LogP contribution in [-0.4, -0.2) is 23.3 Å². The molecule has 0 spiro atoms. The van der Waals surface area contributed by atoms with Crippen molar-refractivity contribution >= 4 is 40.8 Å². The van der Waals surface area contributed by atoms with Crippen molar-refractivity contribution in [3.05, 3.63) is 29.8 Å². The van der Waals surface area contributed by atoms with E-state index in [2.05, 4.69) is 5.32 Å². The molecule has 0 aliphatic heterocycles. The van der Waals surface area contributed by atoms with Crippen LogP contribution in [0.25, 0.3) is 0 Å². The summed E-state index contributed by atoms with van der Waals surface area (Å²) in [4.78, 5) is 21.7. The van der Waals surface area contributed by atoms with Crippen LogP contribution >= 0.6 is 23.2 Å². The van der Waals surface area contributed by atoms with Crippen LogP contribution in [0.1, 0.15) is 30.1 Å². The van der Waals surface area contributed by atoms with Crippen molar-refractivity contribution in [3.63, 3.8) is 0 Å². The van der Waals surface area contributed by atoms with Crippen molar-refractivity contribution in [2.45, 2.75) is 24.6 Å². The Hall–Kier alpha value is -1.26. The highest BCUT2D eigenvalue weighted by atomic mass is 35.5. The standard InChI is InChI=1S/C13H15Cl2NO3/c1-2-3-8-19-13(18)9-4-6-10(7-5-9)16-12(17)11(14)15/h4-7,11H,2-3,8H2,1H3,(H,16,17). The van der Waals surface area contributed by atoms with Crippen LogP contribution in [0.4, 0.5) is 5.69 Å². The molecule has 1 aromatic rings. The molecule has 6 heteroatoms. The summed E-state index contributed by atoms with van der Waals surface area (Å²) >= 11 is 10.8. The van der Waals surface area contributed by atoms with E-state index < -0.39 is 10.7 Å². The number of anilines is 1. The van der Waals surface area contributed by atoms with Gasteiger partial charge in [-0.05, 0) is 30.7 Å². The third kappa shape index (κ3) is 5.49. The Bertz CT molecular complexity index is 432. The number of amides is 1. The van der Waals surface area contributed by atoms with Crippen LogP contribution in [-0.2, 0) is 9.53 Å². The van der Waals surface area contributed by atoms with Crippen LogP contribution in [0.15, 0.2) is 24.3 Å². The third-order valence-electron chi connectivity index (χ3n) is 2.32. The Morgan fingerprint density at radius 2 is 1.89 bits per heavy atom. The van der Waals surface area contributed by atoms with Crippen molar-refractivity contribution in [3.8, 4) is 0 Å². The molecule has 1 aromatic carbocycles. The molecule has 1 amide bonds. The maximum Gasteiger partial charge on any atom is 0.338 e. The predicted octanol–water partition coefficient (Wildman–Crippen LogP) is 3.39. The first-order valence-corrected chi connectivity index (χ1v) is 6.78. The number of halogens is 2. The minimum absolute atomic E-state index is 0.376. The Morgan fingerprint density at radius 1 is 1.26 bits per heavy atom. The number of esters is 1. The summed E-state index contributed by atoms with van der Waals surface area (Å²) in [7, 11) is 0. The molecule has 0 saturated heterocycles. The molecule has 0 aliphatic carbocycles. The maximum absolute atomic E-state index is 11.6. The first kappa shape index (κ1) is 15.8. The predicted molar refractivity (Wildman–Crippen MR) is 75.8 cm³/mol. The summed E-state index contributed by atoms with van der Waals surface area (Å²) in [6.45, 7) is 2.43. The van der Waals surface area contributed by atoms with Gasteiger partial charge < -0.3 is 10.1 Å². The summed E-state index contributed by atoms with van der Waals surface area (Å²) < 4.78 is 5.06. The molecule has 0 aromatic heterocycles. The van der Waals surface area contributed by atoms with Gasteiger partial charge in [0.2, 0.25) is 0 Å². The minimum Gasteiger partial charge on any atom is -0.462 e. The lowest BCUT2D eigenvalue weighted by molar-refractivity contribution is -0.114. The SMILES string of the molecule is CCCCOC(=O)c1ccc(NC(=O)C(Cl)Cl)cc1. The second kappa shape index (κ2) is 8.02. The average Bonchev–Trinajstić information content (AvgIpc) is 2.39. The molecule has 0 bridgehead atoms. The molecule has 19 heavy (non-hydrogen) atoms. The fourth-order valence-electron chi connectivity index (χ4n) is 1.28. The van der Waals surface area contributed by atoms with Crippen molar-refractivity contribution in [2.75, 3.05) is 11.9 Å². The minimum atomic E-state index is -1.13. The molecule has 1 rings (SSSR count). The summed E-state index contributed by atoms with van der Waals surface area (Å²) in [6.07, 6.45) is 1.81. The van der Waals surface area contributed by atoms with Crippen molar-refractivity contribution < 1.29 is 14.3 Å². The number of unbranched alkanes of at least 4 members (excludes halogenated alkanes) is 1. The second-order valence-corrected chi connectivity index (χ2v) is 4.95. The van der Waals surface area contributed by atoms with Crippen molar-refractivity contribution in [1.82, 2.24) is 0 Å². The van der Waals surface area contributed by atoms with E-state index in [-0.39, 0.29) is 5.97 Å². The van der Waals surface area contributed by atoms with Gasteiger partial charge in [0.1, 0.15) is 0 Å². The van der Waals surface area contributed by atoms with Crippen LogP contribution in [0.5, 0.6) is 0 Å². The number of hydrogen-bond donors (Lipinski definition) is 1. The molecule has 0 saturated carbocycles. The molecular weight excluding hydrogens is 289 g/mol. The molecule has 4 nitrogen and oxygen atoms in total. The van der Waals surface area contributed by atoms with E-state index in [0.717, 1.165) is 12.8 Å². The number of carbonyl (C=O) groups is 2. The largest absolute Gasteiger partial charge is 0.462 e. The van der Waals surface area contributed by atoms with Gasteiger partial charge in [0, 0.05) is 5.69 Å². The zero-order valence-electron chi connectivity index (χ0n) is 10.5. The topological polar surface area (TPSA) is 55.4 Å². The number of carbonyl (C=O) groups excluding carboxylic acids is 2. The molecule has 0 unspecified atom stereocenters. The number of rotatable bonds is 6. The van der Waals surface area contributed by atoms with E-state index in [1.807, 2.05) is 6.92 Å². The van der Waals surface area contributed by atoms with E-state index in [1.54, 1.807) is 24.3 Å². The first-order chi connectivity index (χ1) is 9.04. The highest BCUT2D eigenvalue weighted by Gasteiger charge is 2.12. The van der Waals surface area contributed by atoms with Gasteiger partial charge in [-0.1, -0.05) is 36.5 Å².